The highest BCUT2D eigenvalue weighted by molar-refractivity contribution is 6.29. The number of ether oxygens (including phenoxy) is 1. The Labute approximate surface area is 88.8 Å². The van der Waals surface area contributed by atoms with Crippen LogP contribution in [-0.2, 0) is 16.1 Å². The van der Waals surface area contributed by atoms with E-state index in [4.69, 9.17) is 16.3 Å². The van der Waals surface area contributed by atoms with Gasteiger partial charge in [0, 0.05) is 0 Å². The van der Waals surface area contributed by atoms with Gasteiger partial charge in [-0.3, -0.25) is 4.79 Å². The predicted molar refractivity (Wildman–Crippen MR) is 56.2 cm³/mol. The molecule has 0 aromatic heterocycles. The van der Waals surface area contributed by atoms with E-state index < -0.39 is 5.38 Å². The molecule has 0 radical (unpaired) electrons. The van der Waals surface area contributed by atoms with Crippen molar-refractivity contribution in [3.63, 3.8) is 0 Å². The van der Waals surface area contributed by atoms with E-state index in [1.54, 1.807) is 0 Å². The van der Waals surface area contributed by atoms with Crippen molar-refractivity contribution in [3.05, 3.63) is 35.9 Å². The number of esters is 1. The summed E-state index contributed by atoms with van der Waals surface area (Å²) in [4.78, 5) is 11.2. The SMILES string of the molecule is CCC(Cl)C(=O)OCc1ccccc1. The van der Waals surface area contributed by atoms with E-state index >= 15 is 0 Å². The molecule has 0 saturated carbocycles. The van der Waals surface area contributed by atoms with Gasteiger partial charge in [0.25, 0.3) is 0 Å². The molecule has 1 rings (SSSR count). The second kappa shape index (κ2) is 5.66. The van der Waals surface area contributed by atoms with E-state index in [1.807, 2.05) is 37.3 Å². The van der Waals surface area contributed by atoms with Crippen LogP contribution in [0.1, 0.15) is 18.9 Å². The van der Waals surface area contributed by atoms with Gasteiger partial charge in [-0.15, -0.1) is 11.6 Å². The van der Waals surface area contributed by atoms with Crippen LogP contribution in [0.4, 0.5) is 0 Å². The van der Waals surface area contributed by atoms with Crippen molar-refractivity contribution >= 4 is 17.6 Å². The van der Waals surface area contributed by atoms with Crippen molar-refractivity contribution in [2.24, 2.45) is 0 Å². The first-order valence-electron chi connectivity index (χ1n) is 4.58. The molecule has 0 spiro atoms. The van der Waals surface area contributed by atoms with Crippen LogP contribution in [0.25, 0.3) is 0 Å². The van der Waals surface area contributed by atoms with Crippen molar-refractivity contribution in [1.29, 1.82) is 0 Å². The molecule has 0 aliphatic carbocycles. The number of alkyl halides is 1. The standard InChI is InChI=1S/C11H13ClO2/c1-2-10(12)11(13)14-8-9-6-4-3-5-7-9/h3-7,10H,2,8H2,1H3. The summed E-state index contributed by atoms with van der Waals surface area (Å²) in [6.45, 7) is 2.14. The molecule has 2 nitrogen and oxygen atoms in total. The number of hydrogen-bond acceptors (Lipinski definition) is 2. The summed E-state index contributed by atoms with van der Waals surface area (Å²) < 4.78 is 5.01. The zero-order chi connectivity index (χ0) is 10.4. The van der Waals surface area contributed by atoms with E-state index in [-0.39, 0.29) is 5.97 Å². The first-order valence-corrected chi connectivity index (χ1v) is 5.02. The molecule has 1 aromatic carbocycles. The van der Waals surface area contributed by atoms with Crippen molar-refractivity contribution in [2.75, 3.05) is 0 Å². The molecule has 0 aliphatic rings. The highest BCUT2D eigenvalue weighted by Crippen LogP contribution is 2.06. The Morgan fingerprint density at radius 3 is 2.64 bits per heavy atom. The molecular weight excluding hydrogens is 200 g/mol. The van der Waals surface area contributed by atoms with Crippen LogP contribution in [0.15, 0.2) is 30.3 Å². The van der Waals surface area contributed by atoms with Gasteiger partial charge in [-0.2, -0.15) is 0 Å². The Hall–Kier alpha value is -1.02. The molecule has 1 aromatic rings. The van der Waals surface area contributed by atoms with Crippen LogP contribution in [0.3, 0.4) is 0 Å². The minimum atomic E-state index is -0.529. The second-order valence-electron chi connectivity index (χ2n) is 2.97. The Kier molecular flexibility index (Phi) is 4.47. The molecule has 0 bridgehead atoms. The summed E-state index contributed by atoms with van der Waals surface area (Å²) in [7, 11) is 0. The minimum Gasteiger partial charge on any atom is -0.460 e. The normalized spacial score (nSPS) is 12.1. The summed E-state index contributed by atoms with van der Waals surface area (Å²) in [5, 5.41) is -0.529. The zero-order valence-corrected chi connectivity index (χ0v) is 8.83. The van der Waals surface area contributed by atoms with Crippen LogP contribution in [-0.4, -0.2) is 11.3 Å². The highest BCUT2D eigenvalue weighted by Gasteiger charge is 2.13. The smallest absolute Gasteiger partial charge is 0.324 e. The Morgan fingerprint density at radius 2 is 2.07 bits per heavy atom. The van der Waals surface area contributed by atoms with Gasteiger partial charge in [-0.25, -0.2) is 0 Å². The van der Waals surface area contributed by atoms with Crippen molar-refractivity contribution in [3.8, 4) is 0 Å². The fourth-order valence-corrected chi connectivity index (χ4v) is 1.05. The van der Waals surface area contributed by atoms with Gasteiger partial charge in [-0.1, -0.05) is 37.3 Å². The molecule has 0 saturated heterocycles. The lowest BCUT2D eigenvalue weighted by Crippen LogP contribution is -2.16. The third-order valence-corrected chi connectivity index (χ3v) is 2.32. The third kappa shape index (κ3) is 3.38. The summed E-state index contributed by atoms with van der Waals surface area (Å²) >= 11 is 5.71. The number of halogens is 1. The molecule has 0 N–H and O–H groups in total. The fraction of sp³-hybridized carbons (Fsp3) is 0.364. The van der Waals surface area contributed by atoms with Crippen LogP contribution in [0, 0.1) is 0 Å². The lowest BCUT2D eigenvalue weighted by Gasteiger charge is -2.07. The van der Waals surface area contributed by atoms with Crippen LogP contribution in [0.5, 0.6) is 0 Å². The van der Waals surface area contributed by atoms with E-state index in [9.17, 15) is 4.79 Å². The molecule has 1 atom stereocenters. The number of hydrogen-bond donors (Lipinski definition) is 0. The summed E-state index contributed by atoms with van der Waals surface area (Å²) in [6.07, 6.45) is 0.592. The topological polar surface area (TPSA) is 26.3 Å². The molecule has 1 unspecified atom stereocenters. The quantitative estimate of drug-likeness (QED) is 0.567. The molecular formula is C11H13ClO2. The number of rotatable bonds is 4. The van der Waals surface area contributed by atoms with Crippen LogP contribution < -0.4 is 0 Å². The van der Waals surface area contributed by atoms with E-state index in [2.05, 4.69) is 0 Å². The van der Waals surface area contributed by atoms with Crippen molar-refractivity contribution in [2.45, 2.75) is 25.3 Å². The molecule has 14 heavy (non-hydrogen) atoms. The lowest BCUT2D eigenvalue weighted by molar-refractivity contribution is -0.144. The van der Waals surface area contributed by atoms with E-state index in [0.29, 0.717) is 13.0 Å². The second-order valence-corrected chi connectivity index (χ2v) is 3.50. The Bertz CT molecular complexity index is 285. The molecule has 3 heteroatoms. The molecule has 0 amide bonds. The van der Waals surface area contributed by atoms with Gasteiger partial charge in [0.05, 0.1) is 0 Å². The Morgan fingerprint density at radius 1 is 1.43 bits per heavy atom. The maximum absolute atomic E-state index is 11.2. The van der Waals surface area contributed by atoms with Crippen molar-refractivity contribution in [1.82, 2.24) is 0 Å². The van der Waals surface area contributed by atoms with Gasteiger partial charge in [0.15, 0.2) is 0 Å². The fourth-order valence-electron chi connectivity index (χ4n) is 0.986. The van der Waals surface area contributed by atoms with Gasteiger partial charge in [-0.05, 0) is 12.0 Å². The van der Waals surface area contributed by atoms with Gasteiger partial charge in [0.1, 0.15) is 12.0 Å². The Balaban J connectivity index is 2.38. The van der Waals surface area contributed by atoms with E-state index in [0.717, 1.165) is 5.56 Å². The van der Waals surface area contributed by atoms with Crippen LogP contribution in [0.2, 0.25) is 0 Å². The predicted octanol–water partition coefficient (Wildman–Crippen LogP) is 2.75. The molecule has 0 aliphatic heterocycles. The number of benzene rings is 1. The summed E-state index contributed by atoms with van der Waals surface area (Å²) in [5.41, 5.74) is 0.973. The average molecular weight is 213 g/mol. The minimum absolute atomic E-state index is 0.295. The zero-order valence-electron chi connectivity index (χ0n) is 8.07. The van der Waals surface area contributed by atoms with Crippen LogP contribution >= 0.6 is 11.6 Å². The van der Waals surface area contributed by atoms with Gasteiger partial charge in [0.2, 0.25) is 0 Å². The number of carbonyl (C=O) groups is 1. The first kappa shape index (κ1) is 11.1. The molecule has 0 heterocycles. The summed E-state index contributed by atoms with van der Waals surface area (Å²) in [5.74, 6) is -0.349. The maximum Gasteiger partial charge on any atom is 0.324 e. The first-order chi connectivity index (χ1) is 6.74. The van der Waals surface area contributed by atoms with Gasteiger partial charge < -0.3 is 4.74 Å². The lowest BCUT2D eigenvalue weighted by atomic mass is 10.2. The monoisotopic (exact) mass is 212 g/mol. The summed E-state index contributed by atoms with van der Waals surface area (Å²) in [6, 6.07) is 9.54. The maximum atomic E-state index is 11.2. The average Bonchev–Trinajstić information content (AvgIpc) is 2.26. The number of carbonyl (C=O) groups excluding carboxylic acids is 1. The molecule has 76 valence electrons. The molecule has 0 fully saturated rings. The third-order valence-electron chi connectivity index (χ3n) is 1.84. The largest absolute Gasteiger partial charge is 0.460 e. The van der Waals surface area contributed by atoms with E-state index in [1.165, 1.54) is 0 Å². The van der Waals surface area contributed by atoms with Crippen molar-refractivity contribution < 1.29 is 9.53 Å². The van der Waals surface area contributed by atoms with Gasteiger partial charge >= 0.3 is 5.97 Å². The highest BCUT2D eigenvalue weighted by atomic mass is 35.5.